The summed E-state index contributed by atoms with van der Waals surface area (Å²) in [5.41, 5.74) is 0.914. The van der Waals surface area contributed by atoms with Crippen LogP contribution in [0.5, 0.6) is 0 Å². The van der Waals surface area contributed by atoms with Gasteiger partial charge in [0.2, 0.25) is 0 Å². The molecule has 58 valence electrons. The molecule has 2 aliphatic rings. The molecule has 0 aromatic carbocycles. The smallest absolute Gasteiger partial charge is 0.331 e. The minimum atomic E-state index is -0.453. The van der Waals surface area contributed by atoms with Gasteiger partial charge in [-0.05, 0) is 17.7 Å². The van der Waals surface area contributed by atoms with Gasteiger partial charge in [-0.3, -0.25) is 0 Å². The minimum absolute atomic E-state index is 0.206. The van der Waals surface area contributed by atoms with Crippen LogP contribution in [0, 0.1) is 0 Å². The van der Waals surface area contributed by atoms with Crippen molar-refractivity contribution in [3.05, 3.63) is 23.8 Å². The van der Waals surface area contributed by atoms with E-state index in [0.717, 1.165) is 5.57 Å². The van der Waals surface area contributed by atoms with E-state index in [1.54, 1.807) is 12.2 Å². The Bertz CT molecular complexity index is 252. The van der Waals surface area contributed by atoms with E-state index in [0.29, 0.717) is 6.42 Å². The molecular formula is C8H8O3. The lowest BCUT2D eigenvalue weighted by Gasteiger charge is -2.16. The Balaban J connectivity index is 2.26. The van der Waals surface area contributed by atoms with Crippen LogP contribution in [-0.2, 0) is 9.53 Å². The molecule has 1 aliphatic carbocycles. The summed E-state index contributed by atoms with van der Waals surface area (Å²) in [4.78, 5) is 10.7. The Morgan fingerprint density at radius 1 is 1.55 bits per heavy atom. The number of esters is 1. The normalized spacial score (nSPS) is 34.6. The summed E-state index contributed by atoms with van der Waals surface area (Å²) in [6, 6.07) is 0. The molecule has 0 spiro atoms. The SMILES string of the molecule is O=C1C=CC2=C[C@H](O)C[C@@H]2O1. The third-order valence-electron chi connectivity index (χ3n) is 1.88. The molecule has 3 heteroatoms. The molecule has 3 nitrogen and oxygen atoms in total. The van der Waals surface area contributed by atoms with E-state index in [9.17, 15) is 4.79 Å². The van der Waals surface area contributed by atoms with E-state index < -0.39 is 6.10 Å². The van der Waals surface area contributed by atoms with Crippen molar-refractivity contribution >= 4 is 5.97 Å². The van der Waals surface area contributed by atoms with Gasteiger partial charge in [0.05, 0.1) is 6.10 Å². The van der Waals surface area contributed by atoms with Gasteiger partial charge in [0.25, 0.3) is 0 Å². The first-order chi connectivity index (χ1) is 5.25. The third kappa shape index (κ3) is 1.07. The summed E-state index contributed by atoms with van der Waals surface area (Å²) in [6.07, 6.45) is 4.64. The molecule has 0 radical (unpaired) electrons. The molecule has 1 heterocycles. The molecule has 0 bridgehead atoms. The maximum atomic E-state index is 10.7. The third-order valence-corrected chi connectivity index (χ3v) is 1.88. The van der Waals surface area contributed by atoms with E-state index in [1.807, 2.05) is 0 Å². The fourth-order valence-electron chi connectivity index (χ4n) is 1.38. The molecular weight excluding hydrogens is 144 g/mol. The quantitative estimate of drug-likeness (QED) is 0.503. The standard InChI is InChI=1S/C8H8O3/c9-6-3-5-1-2-8(10)11-7(5)4-6/h1-3,6-7,9H,4H2/t6-,7-/m0/s1. The lowest BCUT2D eigenvalue weighted by molar-refractivity contribution is -0.142. The van der Waals surface area contributed by atoms with Crippen molar-refractivity contribution in [1.82, 2.24) is 0 Å². The van der Waals surface area contributed by atoms with Crippen LogP contribution >= 0.6 is 0 Å². The summed E-state index contributed by atoms with van der Waals surface area (Å²) in [5, 5.41) is 9.14. The van der Waals surface area contributed by atoms with Crippen LogP contribution in [0.1, 0.15) is 6.42 Å². The maximum Gasteiger partial charge on any atom is 0.331 e. The van der Waals surface area contributed by atoms with Crippen LogP contribution in [0.2, 0.25) is 0 Å². The van der Waals surface area contributed by atoms with Gasteiger partial charge in [0, 0.05) is 12.5 Å². The van der Waals surface area contributed by atoms with Crippen molar-refractivity contribution in [2.75, 3.05) is 0 Å². The topological polar surface area (TPSA) is 46.5 Å². The Kier molecular flexibility index (Phi) is 1.32. The summed E-state index contributed by atoms with van der Waals surface area (Å²) in [5.74, 6) is -0.318. The highest BCUT2D eigenvalue weighted by Crippen LogP contribution is 2.26. The zero-order valence-electron chi connectivity index (χ0n) is 5.86. The molecule has 0 saturated carbocycles. The predicted molar refractivity (Wildman–Crippen MR) is 37.7 cm³/mol. The van der Waals surface area contributed by atoms with Crippen molar-refractivity contribution in [2.45, 2.75) is 18.6 Å². The molecule has 2 rings (SSSR count). The number of carbonyl (C=O) groups is 1. The van der Waals surface area contributed by atoms with Gasteiger partial charge in [-0.2, -0.15) is 0 Å². The number of hydrogen-bond donors (Lipinski definition) is 1. The highest BCUT2D eigenvalue weighted by molar-refractivity contribution is 5.84. The van der Waals surface area contributed by atoms with Crippen LogP contribution in [-0.4, -0.2) is 23.3 Å². The van der Waals surface area contributed by atoms with Gasteiger partial charge in [0.1, 0.15) is 6.10 Å². The first kappa shape index (κ1) is 6.61. The van der Waals surface area contributed by atoms with Gasteiger partial charge >= 0.3 is 5.97 Å². The van der Waals surface area contributed by atoms with Crippen LogP contribution in [0.15, 0.2) is 23.8 Å². The number of aliphatic hydroxyl groups is 1. The average molecular weight is 152 g/mol. The second kappa shape index (κ2) is 2.20. The van der Waals surface area contributed by atoms with Gasteiger partial charge in [-0.25, -0.2) is 4.79 Å². The fraction of sp³-hybridized carbons (Fsp3) is 0.375. The number of rotatable bonds is 0. The maximum absolute atomic E-state index is 10.7. The second-order valence-corrected chi connectivity index (χ2v) is 2.73. The van der Waals surface area contributed by atoms with E-state index in [2.05, 4.69) is 0 Å². The van der Waals surface area contributed by atoms with E-state index in [-0.39, 0.29) is 12.1 Å². The molecule has 0 amide bonds. The molecule has 0 saturated heterocycles. The summed E-state index contributed by atoms with van der Waals surface area (Å²) < 4.78 is 4.93. The molecule has 2 atom stereocenters. The summed E-state index contributed by atoms with van der Waals surface area (Å²) in [6.45, 7) is 0. The van der Waals surface area contributed by atoms with Crippen LogP contribution in [0.3, 0.4) is 0 Å². The number of aliphatic hydroxyl groups excluding tert-OH is 1. The molecule has 1 aliphatic heterocycles. The Hall–Kier alpha value is -1.09. The van der Waals surface area contributed by atoms with E-state index >= 15 is 0 Å². The van der Waals surface area contributed by atoms with E-state index in [4.69, 9.17) is 9.84 Å². The number of ether oxygens (including phenoxy) is 1. The van der Waals surface area contributed by atoms with Gasteiger partial charge in [-0.1, -0.05) is 0 Å². The van der Waals surface area contributed by atoms with Crippen LogP contribution in [0.25, 0.3) is 0 Å². The summed E-state index contributed by atoms with van der Waals surface area (Å²) >= 11 is 0. The van der Waals surface area contributed by atoms with Crippen LogP contribution in [0.4, 0.5) is 0 Å². The lowest BCUT2D eigenvalue weighted by Crippen LogP contribution is -2.20. The van der Waals surface area contributed by atoms with Crippen molar-refractivity contribution in [1.29, 1.82) is 0 Å². The first-order valence-electron chi connectivity index (χ1n) is 3.54. The molecule has 0 aromatic rings. The number of hydrogen-bond acceptors (Lipinski definition) is 3. The average Bonchev–Trinajstić information content (AvgIpc) is 2.27. The second-order valence-electron chi connectivity index (χ2n) is 2.73. The molecule has 0 fully saturated rings. The highest BCUT2D eigenvalue weighted by atomic mass is 16.5. The van der Waals surface area contributed by atoms with Crippen molar-refractivity contribution < 1.29 is 14.6 Å². The first-order valence-corrected chi connectivity index (χ1v) is 3.54. The Morgan fingerprint density at radius 3 is 3.18 bits per heavy atom. The fourth-order valence-corrected chi connectivity index (χ4v) is 1.38. The summed E-state index contributed by atoms with van der Waals surface area (Å²) in [7, 11) is 0. The van der Waals surface area contributed by atoms with Crippen LogP contribution < -0.4 is 0 Å². The zero-order valence-corrected chi connectivity index (χ0v) is 5.86. The molecule has 0 unspecified atom stereocenters. The van der Waals surface area contributed by atoms with Crippen molar-refractivity contribution in [3.8, 4) is 0 Å². The minimum Gasteiger partial charge on any atom is -0.454 e. The molecule has 11 heavy (non-hydrogen) atoms. The number of carbonyl (C=O) groups excluding carboxylic acids is 1. The number of fused-ring (bicyclic) bond motifs is 1. The zero-order chi connectivity index (χ0) is 7.84. The van der Waals surface area contributed by atoms with E-state index in [1.165, 1.54) is 6.08 Å². The lowest BCUT2D eigenvalue weighted by atomic mass is 10.1. The predicted octanol–water partition coefficient (Wildman–Crippen LogP) is 0.159. The largest absolute Gasteiger partial charge is 0.454 e. The van der Waals surface area contributed by atoms with Crippen molar-refractivity contribution in [2.24, 2.45) is 0 Å². The highest BCUT2D eigenvalue weighted by Gasteiger charge is 2.28. The van der Waals surface area contributed by atoms with Gasteiger partial charge in [-0.15, -0.1) is 0 Å². The van der Waals surface area contributed by atoms with Gasteiger partial charge < -0.3 is 9.84 Å². The molecule has 0 aromatic heterocycles. The molecule has 1 N–H and O–H groups in total. The Morgan fingerprint density at radius 2 is 2.36 bits per heavy atom. The van der Waals surface area contributed by atoms with Gasteiger partial charge in [0.15, 0.2) is 0 Å². The Labute approximate surface area is 64.0 Å². The monoisotopic (exact) mass is 152 g/mol. The van der Waals surface area contributed by atoms with Crippen molar-refractivity contribution in [3.63, 3.8) is 0 Å².